The summed E-state index contributed by atoms with van der Waals surface area (Å²) in [4.78, 5) is 2.38. The van der Waals surface area contributed by atoms with Crippen LogP contribution in [0.2, 0.25) is 0 Å². The first kappa shape index (κ1) is 14.9. The van der Waals surface area contributed by atoms with Crippen LogP contribution in [0.4, 0.5) is 0 Å². The number of rotatable bonds is 7. The fraction of sp³-hybridized carbons (Fsp3) is 1.00. The van der Waals surface area contributed by atoms with Crippen molar-refractivity contribution in [1.29, 1.82) is 0 Å². The Hall–Kier alpha value is -0.120. The Labute approximate surface area is 106 Å². The van der Waals surface area contributed by atoms with Crippen LogP contribution >= 0.6 is 0 Å². The van der Waals surface area contributed by atoms with E-state index in [1.807, 2.05) is 0 Å². The monoisotopic (exact) mass is 243 g/mol. The average Bonchev–Trinajstić information content (AvgIpc) is 2.34. The van der Waals surface area contributed by atoms with E-state index in [4.69, 9.17) is 4.74 Å². The lowest BCUT2D eigenvalue weighted by Gasteiger charge is -2.39. The molecule has 0 radical (unpaired) electrons. The standard InChI is InChI=1S/C14H29NO2/c1-4-13(2)15(10-11-17-3)12-14(16)8-6-5-7-9-14/h13,16H,4-12H2,1-3H3. The number of ether oxygens (including phenoxy) is 1. The Morgan fingerprint density at radius 3 is 2.47 bits per heavy atom. The molecule has 0 spiro atoms. The van der Waals surface area contributed by atoms with Gasteiger partial charge in [0, 0.05) is 26.2 Å². The van der Waals surface area contributed by atoms with E-state index in [1.54, 1.807) is 7.11 Å². The summed E-state index contributed by atoms with van der Waals surface area (Å²) in [6, 6.07) is 0.524. The van der Waals surface area contributed by atoms with Gasteiger partial charge in [-0.2, -0.15) is 0 Å². The molecular weight excluding hydrogens is 214 g/mol. The van der Waals surface area contributed by atoms with Crippen LogP contribution in [0.3, 0.4) is 0 Å². The van der Waals surface area contributed by atoms with Crippen LogP contribution in [0.5, 0.6) is 0 Å². The van der Waals surface area contributed by atoms with Gasteiger partial charge in [-0.05, 0) is 26.2 Å². The molecule has 1 N–H and O–H groups in total. The van der Waals surface area contributed by atoms with Crippen molar-refractivity contribution in [3.8, 4) is 0 Å². The number of aliphatic hydroxyl groups is 1. The third kappa shape index (κ3) is 4.94. The van der Waals surface area contributed by atoms with Crippen molar-refractivity contribution in [3.63, 3.8) is 0 Å². The minimum Gasteiger partial charge on any atom is -0.389 e. The topological polar surface area (TPSA) is 32.7 Å². The maximum atomic E-state index is 10.6. The molecule has 0 aliphatic heterocycles. The van der Waals surface area contributed by atoms with Crippen LogP contribution in [-0.2, 0) is 4.74 Å². The SMILES string of the molecule is CCC(C)N(CCOC)CC1(O)CCCCC1. The molecule has 1 unspecified atom stereocenters. The molecular formula is C14H29NO2. The van der Waals surface area contributed by atoms with Crippen LogP contribution in [0.25, 0.3) is 0 Å². The second-order valence-electron chi connectivity index (χ2n) is 5.51. The molecule has 17 heavy (non-hydrogen) atoms. The number of methoxy groups -OCH3 is 1. The van der Waals surface area contributed by atoms with Gasteiger partial charge in [0.2, 0.25) is 0 Å². The van der Waals surface area contributed by atoms with Gasteiger partial charge in [0.25, 0.3) is 0 Å². The van der Waals surface area contributed by atoms with Crippen molar-refractivity contribution >= 4 is 0 Å². The summed E-state index contributed by atoms with van der Waals surface area (Å²) in [7, 11) is 1.74. The van der Waals surface area contributed by atoms with Gasteiger partial charge in [-0.25, -0.2) is 0 Å². The Morgan fingerprint density at radius 2 is 1.94 bits per heavy atom. The maximum Gasteiger partial charge on any atom is 0.0774 e. The molecule has 1 atom stereocenters. The summed E-state index contributed by atoms with van der Waals surface area (Å²) in [6.45, 7) is 6.93. The van der Waals surface area contributed by atoms with Gasteiger partial charge in [-0.3, -0.25) is 4.90 Å². The summed E-state index contributed by atoms with van der Waals surface area (Å²) in [6.07, 6.45) is 6.69. The van der Waals surface area contributed by atoms with Crippen LogP contribution in [0.15, 0.2) is 0 Å². The van der Waals surface area contributed by atoms with Gasteiger partial charge in [-0.1, -0.05) is 26.2 Å². The molecule has 0 aromatic carbocycles. The third-order valence-corrected chi connectivity index (χ3v) is 4.08. The Bertz CT molecular complexity index is 202. The molecule has 0 heterocycles. The van der Waals surface area contributed by atoms with E-state index in [1.165, 1.54) is 19.3 Å². The van der Waals surface area contributed by atoms with Crippen LogP contribution in [0, 0.1) is 0 Å². The van der Waals surface area contributed by atoms with E-state index in [0.717, 1.165) is 39.0 Å². The molecule has 0 amide bonds. The highest BCUT2D eigenvalue weighted by atomic mass is 16.5. The lowest BCUT2D eigenvalue weighted by Crippen LogP contribution is -2.48. The van der Waals surface area contributed by atoms with E-state index in [0.29, 0.717) is 6.04 Å². The van der Waals surface area contributed by atoms with E-state index in [9.17, 15) is 5.11 Å². The molecule has 1 aliphatic rings. The van der Waals surface area contributed by atoms with E-state index >= 15 is 0 Å². The van der Waals surface area contributed by atoms with Gasteiger partial charge >= 0.3 is 0 Å². The fourth-order valence-corrected chi connectivity index (χ4v) is 2.67. The lowest BCUT2D eigenvalue weighted by molar-refractivity contribution is -0.0390. The van der Waals surface area contributed by atoms with E-state index in [-0.39, 0.29) is 0 Å². The number of hydrogen-bond donors (Lipinski definition) is 1. The van der Waals surface area contributed by atoms with Crippen molar-refractivity contribution in [2.45, 2.75) is 64.0 Å². The molecule has 0 bridgehead atoms. The zero-order valence-corrected chi connectivity index (χ0v) is 11.7. The quantitative estimate of drug-likeness (QED) is 0.745. The summed E-state index contributed by atoms with van der Waals surface area (Å²) >= 11 is 0. The lowest BCUT2D eigenvalue weighted by atomic mass is 9.84. The Morgan fingerprint density at radius 1 is 1.29 bits per heavy atom. The Kier molecular flexibility index (Phi) is 6.45. The normalized spacial score (nSPS) is 21.7. The summed E-state index contributed by atoms with van der Waals surface area (Å²) < 4.78 is 5.17. The third-order valence-electron chi connectivity index (χ3n) is 4.08. The van der Waals surface area contributed by atoms with E-state index < -0.39 is 5.60 Å². The average molecular weight is 243 g/mol. The first-order valence-electron chi connectivity index (χ1n) is 7.06. The molecule has 1 aliphatic carbocycles. The molecule has 3 nitrogen and oxygen atoms in total. The van der Waals surface area contributed by atoms with Gasteiger partial charge < -0.3 is 9.84 Å². The highest BCUT2D eigenvalue weighted by Gasteiger charge is 2.32. The first-order valence-corrected chi connectivity index (χ1v) is 7.06. The van der Waals surface area contributed by atoms with Crippen molar-refractivity contribution in [1.82, 2.24) is 4.90 Å². The predicted octanol–water partition coefficient (Wildman–Crippen LogP) is 2.43. The van der Waals surface area contributed by atoms with Gasteiger partial charge in [0.15, 0.2) is 0 Å². The molecule has 1 fully saturated rings. The second kappa shape index (κ2) is 7.34. The van der Waals surface area contributed by atoms with E-state index in [2.05, 4.69) is 18.7 Å². The highest BCUT2D eigenvalue weighted by Crippen LogP contribution is 2.29. The molecule has 3 heteroatoms. The van der Waals surface area contributed by atoms with Crippen LogP contribution in [0.1, 0.15) is 52.4 Å². The van der Waals surface area contributed by atoms with Crippen LogP contribution in [-0.4, -0.2) is 48.5 Å². The van der Waals surface area contributed by atoms with Crippen LogP contribution < -0.4 is 0 Å². The largest absolute Gasteiger partial charge is 0.389 e. The first-order chi connectivity index (χ1) is 8.11. The summed E-state index contributed by atoms with van der Waals surface area (Å²) in [5, 5.41) is 10.6. The summed E-state index contributed by atoms with van der Waals surface area (Å²) in [5.41, 5.74) is -0.449. The summed E-state index contributed by atoms with van der Waals surface area (Å²) in [5.74, 6) is 0. The Balaban J connectivity index is 2.50. The minimum atomic E-state index is -0.449. The molecule has 0 saturated heterocycles. The van der Waals surface area contributed by atoms with Gasteiger partial charge in [0.05, 0.1) is 12.2 Å². The molecule has 0 aromatic rings. The molecule has 0 aromatic heterocycles. The molecule has 1 saturated carbocycles. The minimum absolute atomic E-state index is 0.449. The molecule has 1 rings (SSSR count). The zero-order valence-electron chi connectivity index (χ0n) is 11.7. The second-order valence-corrected chi connectivity index (χ2v) is 5.51. The van der Waals surface area contributed by atoms with Gasteiger partial charge in [-0.15, -0.1) is 0 Å². The van der Waals surface area contributed by atoms with Crippen molar-refractivity contribution in [2.75, 3.05) is 26.8 Å². The zero-order chi connectivity index (χ0) is 12.7. The van der Waals surface area contributed by atoms with Gasteiger partial charge in [0.1, 0.15) is 0 Å². The van der Waals surface area contributed by atoms with Crippen molar-refractivity contribution in [3.05, 3.63) is 0 Å². The fourth-order valence-electron chi connectivity index (χ4n) is 2.67. The van der Waals surface area contributed by atoms with Crippen molar-refractivity contribution in [2.24, 2.45) is 0 Å². The highest BCUT2D eigenvalue weighted by molar-refractivity contribution is 4.86. The smallest absolute Gasteiger partial charge is 0.0774 e. The maximum absolute atomic E-state index is 10.6. The van der Waals surface area contributed by atoms with Crippen molar-refractivity contribution < 1.29 is 9.84 Å². The predicted molar refractivity (Wildman–Crippen MR) is 71.2 cm³/mol. The number of nitrogens with zero attached hydrogens (tertiary/aromatic N) is 1. The molecule has 102 valence electrons. The number of hydrogen-bond acceptors (Lipinski definition) is 3.